The van der Waals surface area contributed by atoms with Crippen molar-refractivity contribution in [1.82, 2.24) is 0 Å². The summed E-state index contributed by atoms with van der Waals surface area (Å²) in [7, 11) is -1.98. The lowest BCUT2D eigenvalue weighted by molar-refractivity contribution is -0.140. The third kappa shape index (κ3) is 14.7. The molecule has 0 aromatic carbocycles. The van der Waals surface area contributed by atoms with Gasteiger partial charge in [0.1, 0.15) is 13.2 Å². The van der Waals surface area contributed by atoms with Gasteiger partial charge in [0.25, 0.3) is 0 Å². The Morgan fingerprint density at radius 3 is 1.66 bits per heavy atom. The van der Waals surface area contributed by atoms with Gasteiger partial charge in [-0.1, -0.05) is 13.2 Å². The molecule has 0 radical (unpaired) electrons. The first-order valence-electron chi connectivity index (χ1n) is 10.4. The van der Waals surface area contributed by atoms with Gasteiger partial charge in [-0.15, -0.1) is 0 Å². The van der Waals surface area contributed by atoms with E-state index < -0.39 is 27.9 Å². The Kier molecular flexibility index (Phi) is 17.4. The molecular formula is C20H36BO10P. The maximum atomic E-state index is 11.0. The average molecular weight is 478 g/mol. The number of rotatable bonds is 14. The smallest absolute Gasteiger partial charge is 0.460 e. The van der Waals surface area contributed by atoms with E-state index in [-0.39, 0.29) is 38.6 Å². The average Bonchev–Trinajstić information content (AvgIpc) is 3.06. The summed E-state index contributed by atoms with van der Waals surface area (Å²) in [5.41, 5.74) is 0.743. The zero-order chi connectivity index (χ0) is 24.5. The number of ether oxygens (including phenoxy) is 2. The van der Waals surface area contributed by atoms with Gasteiger partial charge in [-0.2, -0.15) is 0 Å². The predicted octanol–water partition coefficient (Wildman–Crippen LogP) is 3.35. The summed E-state index contributed by atoms with van der Waals surface area (Å²) in [5.74, 6) is -0.834. The van der Waals surface area contributed by atoms with Crippen LogP contribution in [-0.2, 0) is 46.6 Å². The molecule has 0 N–H and O–H groups in total. The summed E-state index contributed by atoms with van der Waals surface area (Å²) < 4.78 is 41.2. The molecule has 0 bridgehead atoms. The molecule has 1 rings (SSSR count). The second-order valence-corrected chi connectivity index (χ2v) is 7.79. The first-order valence-corrected chi connectivity index (χ1v) is 11.5. The molecule has 1 aliphatic heterocycles. The molecule has 12 heteroatoms. The molecule has 1 heterocycles. The fourth-order valence-electron chi connectivity index (χ4n) is 1.78. The van der Waals surface area contributed by atoms with E-state index in [9.17, 15) is 9.59 Å². The molecular weight excluding hydrogens is 442 g/mol. The predicted molar refractivity (Wildman–Crippen MR) is 120 cm³/mol. The number of hydrogen-bond donors (Lipinski definition) is 0. The second kappa shape index (κ2) is 18.1. The second-order valence-electron chi connectivity index (χ2n) is 6.57. The minimum Gasteiger partial charge on any atom is -0.460 e. The molecule has 1 aliphatic rings. The lowest BCUT2D eigenvalue weighted by atomic mass is 10.2. The molecule has 1 saturated heterocycles. The van der Waals surface area contributed by atoms with Gasteiger partial charge in [-0.25, -0.2) is 9.59 Å². The van der Waals surface area contributed by atoms with E-state index in [2.05, 4.69) is 13.2 Å². The molecule has 10 nitrogen and oxygen atoms in total. The van der Waals surface area contributed by atoms with Gasteiger partial charge < -0.3 is 37.0 Å². The van der Waals surface area contributed by atoms with Gasteiger partial charge in [0.2, 0.25) is 0 Å². The molecule has 2 unspecified atom stereocenters. The van der Waals surface area contributed by atoms with Gasteiger partial charge >= 0.3 is 27.9 Å². The van der Waals surface area contributed by atoms with E-state index in [1.165, 1.54) is 0 Å². The number of hydrogen-bond acceptors (Lipinski definition) is 10. The van der Waals surface area contributed by atoms with Crippen molar-refractivity contribution in [2.75, 3.05) is 39.6 Å². The first-order chi connectivity index (χ1) is 15.1. The van der Waals surface area contributed by atoms with Gasteiger partial charge in [0.15, 0.2) is 0 Å². The van der Waals surface area contributed by atoms with Crippen LogP contribution in [0.4, 0.5) is 0 Å². The highest BCUT2D eigenvalue weighted by molar-refractivity contribution is 7.41. The molecule has 0 amide bonds. The van der Waals surface area contributed by atoms with E-state index in [1.54, 1.807) is 13.8 Å². The van der Waals surface area contributed by atoms with Gasteiger partial charge in [0, 0.05) is 11.1 Å². The van der Waals surface area contributed by atoms with Crippen LogP contribution in [0, 0.1) is 0 Å². The third-order valence-corrected chi connectivity index (χ3v) is 4.89. The van der Waals surface area contributed by atoms with E-state index in [0.717, 1.165) is 0 Å². The van der Waals surface area contributed by atoms with Crippen LogP contribution in [0.25, 0.3) is 0 Å². The lowest BCUT2D eigenvalue weighted by Crippen LogP contribution is -2.23. The number of carbonyl (C=O) groups excluding carboxylic acids is 2. The van der Waals surface area contributed by atoms with Gasteiger partial charge in [0.05, 0.1) is 38.6 Å². The van der Waals surface area contributed by atoms with Crippen molar-refractivity contribution in [3.8, 4) is 0 Å². The van der Waals surface area contributed by atoms with Crippen LogP contribution in [0.15, 0.2) is 24.3 Å². The highest BCUT2D eigenvalue weighted by atomic mass is 31.2. The Labute approximate surface area is 192 Å². The summed E-state index contributed by atoms with van der Waals surface area (Å²) >= 11 is 0. The third-order valence-electron chi connectivity index (χ3n) is 3.56. The van der Waals surface area contributed by atoms with Gasteiger partial charge in [-0.05, 0) is 41.5 Å². The lowest BCUT2D eigenvalue weighted by Gasteiger charge is -2.14. The highest BCUT2D eigenvalue weighted by Crippen LogP contribution is 2.38. The molecule has 0 spiro atoms. The summed E-state index contributed by atoms with van der Waals surface area (Å²) in [6.07, 6.45) is 0.0333. The van der Waals surface area contributed by atoms with Gasteiger partial charge in [-0.3, -0.25) is 0 Å². The SMILES string of the molecule is C=C(C)C(=O)OCCOB1OC(C)C(C)O1.C=C(C)C(=O)OCCOP(OCC)OCC. The summed E-state index contributed by atoms with van der Waals surface area (Å²) in [4.78, 5) is 22.0. The molecule has 0 saturated carbocycles. The van der Waals surface area contributed by atoms with Crippen molar-refractivity contribution < 1.29 is 46.6 Å². The minimum absolute atomic E-state index is 0.0166. The van der Waals surface area contributed by atoms with E-state index >= 15 is 0 Å². The van der Waals surface area contributed by atoms with E-state index in [1.807, 2.05) is 27.7 Å². The van der Waals surface area contributed by atoms with Crippen LogP contribution < -0.4 is 0 Å². The number of carbonyl (C=O) groups is 2. The van der Waals surface area contributed by atoms with Crippen molar-refractivity contribution >= 4 is 27.9 Å². The zero-order valence-corrected chi connectivity index (χ0v) is 20.8. The van der Waals surface area contributed by atoms with Crippen molar-refractivity contribution in [2.24, 2.45) is 0 Å². The topological polar surface area (TPSA) is 108 Å². The largest absolute Gasteiger partial charge is 0.640 e. The van der Waals surface area contributed by atoms with Crippen molar-refractivity contribution in [3.63, 3.8) is 0 Å². The fraction of sp³-hybridized carbons (Fsp3) is 0.700. The van der Waals surface area contributed by atoms with Crippen LogP contribution in [-0.4, -0.2) is 71.1 Å². The van der Waals surface area contributed by atoms with Crippen molar-refractivity contribution in [1.29, 1.82) is 0 Å². The summed E-state index contributed by atoms with van der Waals surface area (Å²) in [6.45, 7) is 19.5. The van der Waals surface area contributed by atoms with E-state index in [0.29, 0.717) is 24.4 Å². The Hall–Kier alpha value is -1.33. The zero-order valence-electron chi connectivity index (χ0n) is 19.9. The standard InChI is InChI=1S/C10H17BO5.C10H19O5P/c1-7(2)10(12)13-5-6-14-11-15-8(3)9(4)16-11;1-5-13-16(14-6-2)15-8-7-12-10(11)9(3)4/h8-9H,1,5-6H2,2-4H3;3,5-8H2,1-2,4H3. The molecule has 0 aliphatic carbocycles. The molecule has 0 aromatic rings. The number of esters is 2. The Balaban J connectivity index is 0.000000601. The van der Waals surface area contributed by atoms with Crippen molar-refractivity contribution in [3.05, 3.63) is 24.3 Å². The quantitative estimate of drug-likeness (QED) is 0.121. The van der Waals surface area contributed by atoms with Crippen LogP contribution >= 0.6 is 8.60 Å². The monoisotopic (exact) mass is 478 g/mol. The van der Waals surface area contributed by atoms with Crippen LogP contribution in [0.3, 0.4) is 0 Å². The Morgan fingerprint density at radius 1 is 0.812 bits per heavy atom. The van der Waals surface area contributed by atoms with E-state index in [4.69, 9.17) is 37.0 Å². The minimum atomic E-state index is -1.32. The maximum absolute atomic E-state index is 11.0. The van der Waals surface area contributed by atoms with Crippen LogP contribution in [0.5, 0.6) is 0 Å². The van der Waals surface area contributed by atoms with Crippen LogP contribution in [0.1, 0.15) is 41.5 Å². The normalized spacial score (nSPS) is 17.5. The Bertz CT molecular complexity index is 541. The molecule has 1 fully saturated rings. The summed E-state index contributed by atoms with van der Waals surface area (Å²) in [6, 6.07) is 0. The first kappa shape index (κ1) is 30.7. The van der Waals surface area contributed by atoms with Crippen molar-refractivity contribution in [2.45, 2.75) is 53.8 Å². The molecule has 0 aromatic heterocycles. The molecule has 2 atom stereocenters. The highest BCUT2D eigenvalue weighted by Gasteiger charge is 2.36. The summed E-state index contributed by atoms with van der Waals surface area (Å²) in [5, 5.41) is 0. The molecule has 32 heavy (non-hydrogen) atoms. The molecule has 184 valence electrons. The fourth-order valence-corrected chi connectivity index (χ4v) is 2.65. The Morgan fingerprint density at radius 2 is 1.25 bits per heavy atom. The maximum Gasteiger partial charge on any atom is 0.640 e. The van der Waals surface area contributed by atoms with Crippen LogP contribution in [0.2, 0.25) is 0 Å².